The van der Waals surface area contributed by atoms with Crippen LogP contribution in [0.2, 0.25) is 0 Å². The predicted molar refractivity (Wildman–Crippen MR) is 62.6 cm³/mol. The van der Waals surface area contributed by atoms with Gasteiger partial charge in [0, 0.05) is 6.20 Å². The van der Waals surface area contributed by atoms with Gasteiger partial charge in [-0.05, 0) is 32.9 Å². The molecule has 0 spiro atoms. The normalized spacial score (nSPS) is 11.7. The quantitative estimate of drug-likeness (QED) is 0.755. The Morgan fingerprint density at radius 2 is 2.29 bits per heavy atom. The van der Waals surface area contributed by atoms with Gasteiger partial charge >= 0.3 is 5.97 Å². The van der Waals surface area contributed by atoms with Crippen molar-refractivity contribution >= 4 is 11.6 Å². The molecule has 0 amide bonds. The van der Waals surface area contributed by atoms with Crippen LogP contribution >= 0.6 is 0 Å². The predicted octanol–water partition coefficient (Wildman–Crippen LogP) is 1.57. The number of carbonyl (C=O) groups excluding carboxylic acids is 1. The average molecular weight is 233 g/mol. The van der Waals surface area contributed by atoms with Crippen molar-refractivity contribution in [3.05, 3.63) is 30.2 Å². The van der Waals surface area contributed by atoms with Crippen LogP contribution in [0.15, 0.2) is 24.5 Å². The molecule has 90 valence electrons. The molecule has 0 aliphatic heterocycles. The van der Waals surface area contributed by atoms with Gasteiger partial charge in [-0.3, -0.25) is 4.79 Å². The minimum Gasteiger partial charge on any atom is -0.465 e. The van der Waals surface area contributed by atoms with Crippen molar-refractivity contribution in [2.24, 2.45) is 0 Å². The average Bonchev–Trinajstić information content (AvgIpc) is 2.73. The number of nitrogens with zero attached hydrogens (tertiary/aromatic N) is 3. The van der Waals surface area contributed by atoms with Crippen LogP contribution in [0.1, 0.15) is 26.5 Å². The van der Waals surface area contributed by atoms with Gasteiger partial charge in [0.15, 0.2) is 5.65 Å². The van der Waals surface area contributed by atoms with Crippen molar-refractivity contribution in [2.75, 3.05) is 6.61 Å². The molecule has 2 rings (SSSR count). The first-order valence-electron chi connectivity index (χ1n) is 5.54. The Bertz CT molecular complexity index is 512. The molecule has 5 nitrogen and oxygen atoms in total. The van der Waals surface area contributed by atoms with E-state index in [0.717, 1.165) is 5.65 Å². The van der Waals surface area contributed by atoms with Crippen molar-refractivity contribution in [1.82, 2.24) is 14.6 Å². The second-order valence-corrected chi connectivity index (χ2v) is 4.30. The summed E-state index contributed by atoms with van der Waals surface area (Å²) < 4.78 is 6.70. The summed E-state index contributed by atoms with van der Waals surface area (Å²) in [7, 11) is 0. The summed E-state index contributed by atoms with van der Waals surface area (Å²) in [6.07, 6.45) is 3.43. The molecule has 0 saturated carbocycles. The molecule has 0 fully saturated rings. The van der Waals surface area contributed by atoms with Gasteiger partial charge in [-0.2, -0.15) is 5.10 Å². The number of imidazole rings is 1. The van der Waals surface area contributed by atoms with Gasteiger partial charge < -0.3 is 4.74 Å². The van der Waals surface area contributed by atoms with Gasteiger partial charge in [-0.15, -0.1) is 0 Å². The van der Waals surface area contributed by atoms with Crippen LogP contribution in [-0.2, 0) is 14.9 Å². The summed E-state index contributed by atoms with van der Waals surface area (Å²) in [6.45, 7) is 5.76. The Labute approximate surface area is 99.4 Å². The summed E-state index contributed by atoms with van der Waals surface area (Å²) in [5.41, 5.74) is 0.624. The lowest BCUT2D eigenvalue weighted by Crippen LogP contribution is -2.31. The highest BCUT2D eigenvalue weighted by atomic mass is 16.5. The molecule has 0 unspecified atom stereocenters. The van der Waals surface area contributed by atoms with Gasteiger partial charge in [0.25, 0.3) is 0 Å². The van der Waals surface area contributed by atoms with Crippen LogP contribution < -0.4 is 0 Å². The van der Waals surface area contributed by atoms with E-state index < -0.39 is 5.41 Å². The number of ether oxygens (including phenoxy) is 1. The highest BCUT2D eigenvalue weighted by Gasteiger charge is 2.34. The number of hydrogen-bond donors (Lipinski definition) is 0. The molecular weight excluding hydrogens is 218 g/mol. The molecular formula is C12H15N3O2. The third-order valence-electron chi connectivity index (χ3n) is 2.66. The zero-order chi connectivity index (χ0) is 12.5. The second kappa shape index (κ2) is 4.16. The number of carbonyl (C=O) groups is 1. The van der Waals surface area contributed by atoms with Crippen molar-refractivity contribution in [2.45, 2.75) is 26.2 Å². The zero-order valence-corrected chi connectivity index (χ0v) is 10.2. The maximum Gasteiger partial charge on any atom is 0.317 e. The van der Waals surface area contributed by atoms with E-state index >= 15 is 0 Å². The molecule has 2 aromatic heterocycles. The summed E-state index contributed by atoms with van der Waals surface area (Å²) in [5.74, 6) is -0.275. The van der Waals surface area contributed by atoms with E-state index in [9.17, 15) is 4.79 Å². The highest BCUT2D eigenvalue weighted by molar-refractivity contribution is 5.81. The van der Waals surface area contributed by atoms with Gasteiger partial charge in [-0.1, -0.05) is 0 Å². The highest BCUT2D eigenvalue weighted by Crippen LogP contribution is 2.23. The molecule has 0 aliphatic rings. The minimum absolute atomic E-state index is 0.275. The van der Waals surface area contributed by atoms with E-state index in [1.54, 1.807) is 37.7 Å². The van der Waals surface area contributed by atoms with Gasteiger partial charge in [0.1, 0.15) is 5.41 Å². The number of fused-ring (bicyclic) bond motifs is 1. The molecule has 17 heavy (non-hydrogen) atoms. The maximum atomic E-state index is 11.9. The van der Waals surface area contributed by atoms with Crippen LogP contribution in [0.3, 0.4) is 0 Å². The maximum absolute atomic E-state index is 11.9. The Kier molecular flexibility index (Phi) is 2.83. The molecule has 0 atom stereocenters. The third-order valence-corrected chi connectivity index (χ3v) is 2.66. The molecule has 0 aliphatic carbocycles. The third kappa shape index (κ3) is 2.00. The number of aromatic nitrogens is 3. The van der Waals surface area contributed by atoms with E-state index in [0.29, 0.717) is 12.3 Å². The number of hydrogen-bond acceptors (Lipinski definition) is 4. The first-order valence-corrected chi connectivity index (χ1v) is 5.54. The van der Waals surface area contributed by atoms with Crippen LogP contribution in [0.5, 0.6) is 0 Å². The Hall–Kier alpha value is -1.91. The molecule has 0 saturated heterocycles. The SMILES string of the molecule is CCOC(=O)C(C)(C)c1cn2ncccc2n1. The van der Waals surface area contributed by atoms with Crippen LogP contribution in [-0.4, -0.2) is 27.2 Å². The molecule has 0 bridgehead atoms. The Morgan fingerprint density at radius 3 is 2.94 bits per heavy atom. The van der Waals surface area contributed by atoms with Gasteiger partial charge in [0.2, 0.25) is 0 Å². The number of esters is 1. The van der Waals surface area contributed by atoms with E-state index in [1.165, 1.54) is 0 Å². The van der Waals surface area contributed by atoms with E-state index in [2.05, 4.69) is 10.1 Å². The first-order chi connectivity index (χ1) is 8.05. The lowest BCUT2D eigenvalue weighted by molar-refractivity contribution is -0.148. The molecule has 0 aromatic carbocycles. The van der Waals surface area contributed by atoms with Gasteiger partial charge in [-0.25, -0.2) is 9.50 Å². The largest absolute Gasteiger partial charge is 0.465 e. The molecule has 0 N–H and O–H groups in total. The fourth-order valence-electron chi connectivity index (χ4n) is 1.55. The Balaban J connectivity index is 2.41. The summed E-state index contributed by atoms with van der Waals surface area (Å²) in [6, 6.07) is 3.65. The molecule has 2 heterocycles. The van der Waals surface area contributed by atoms with E-state index in [-0.39, 0.29) is 5.97 Å². The number of rotatable bonds is 3. The van der Waals surface area contributed by atoms with Crippen molar-refractivity contribution < 1.29 is 9.53 Å². The topological polar surface area (TPSA) is 56.5 Å². The van der Waals surface area contributed by atoms with Crippen LogP contribution in [0.25, 0.3) is 5.65 Å². The van der Waals surface area contributed by atoms with Crippen molar-refractivity contribution in [3.8, 4) is 0 Å². The summed E-state index contributed by atoms with van der Waals surface area (Å²) >= 11 is 0. The summed E-state index contributed by atoms with van der Waals surface area (Å²) in [4.78, 5) is 16.2. The molecule has 5 heteroatoms. The second-order valence-electron chi connectivity index (χ2n) is 4.30. The lowest BCUT2D eigenvalue weighted by Gasteiger charge is -2.19. The van der Waals surface area contributed by atoms with Crippen LogP contribution in [0, 0.1) is 0 Å². The van der Waals surface area contributed by atoms with E-state index in [4.69, 9.17) is 4.74 Å². The standard InChI is InChI=1S/C12H15N3O2/c1-4-17-11(16)12(2,3)9-8-15-10(14-9)6-5-7-13-15/h5-8H,4H2,1-3H3. The fourth-order valence-corrected chi connectivity index (χ4v) is 1.55. The van der Waals surface area contributed by atoms with Crippen molar-refractivity contribution in [3.63, 3.8) is 0 Å². The first kappa shape index (κ1) is 11.6. The smallest absolute Gasteiger partial charge is 0.317 e. The zero-order valence-electron chi connectivity index (χ0n) is 10.2. The summed E-state index contributed by atoms with van der Waals surface area (Å²) in [5, 5.41) is 4.12. The van der Waals surface area contributed by atoms with Crippen molar-refractivity contribution in [1.29, 1.82) is 0 Å². The monoisotopic (exact) mass is 233 g/mol. The van der Waals surface area contributed by atoms with E-state index in [1.807, 2.05) is 12.1 Å². The fraction of sp³-hybridized carbons (Fsp3) is 0.417. The van der Waals surface area contributed by atoms with Crippen LogP contribution in [0.4, 0.5) is 0 Å². The Morgan fingerprint density at radius 1 is 1.53 bits per heavy atom. The molecule has 0 radical (unpaired) electrons. The molecule has 2 aromatic rings. The minimum atomic E-state index is -0.760. The lowest BCUT2D eigenvalue weighted by atomic mass is 9.90. The van der Waals surface area contributed by atoms with Gasteiger partial charge in [0.05, 0.1) is 18.5 Å².